The number of urea groups is 2. The summed E-state index contributed by atoms with van der Waals surface area (Å²) in [4.78, 5) is 45.3. The Labute approximate surface area is 182 Å². The van der Waals surface area contributed by atoms with Crippen molar-refractivity contribution in [3.63, 3.8) is 0 Å². The predicted molar refractivity (Wildman–Crippen MR) is 114 cm³/mol. The molecule has 0 saturated heterocycles. The lowest BCUT2D eigenvalue weighted by Crippen LogP contribution is -2.38. The summed E-state index contributed by atoms with van der Waals surface area (Å²) in [6, 6.07) is -0.702. The van der Waals surface area contributed by atoms with Crippen LogP contribution in [0.4, 0.5) is 9.59 Å². The van der Waals surface area contributed by atoms with E-state index in [9.17, 15) is 19.2 Å². The number of carbonyl (C=O) groups is 4. The minimum Gasteiger partial charge on any atom is -0.460 e. The molecule has 0 unspecified atom stereocenters. The molecular formula is C20H34N4O7. The fourth-order valence-corrected chi connectivity index (χ4v) is 1.84. The van der Waals surface area contributed by atoms with Crippen molar-refractivity contribution in [1.29, 1.82) is 0 Å². The van der Waals surface area contributed by atoms with Crippen LogP contribution < -0.4 is 21.3 Å². The molecule has 11 heteroatoms. The van der Waals surface area contributed by atoms with Gasteiger partial charge in [-0.25, -0.2) is 19.2 Å². The summed E-state index contributed by atoms with van der Waals surface area (Å²) in [6.45, 7) is 12.4. The Hall–Kier alpha value is -3.08. The second kappa shape index (κ2) is 17.8. The molecule has 0 aromatic carbocycles. The van der Waals surface area contributed by atoms with Crippen LogP contribution in [0.15, 0.2) is 24.3 Å². The lowest BCUT2D eigenvalue weighted by Gasteiger charge is -2.09. The molecule has 0 heterocycles. The number of hydrogen-bond acceptors (Lipinski definition) is 7. The fourth-order valence-electron chi connectivity index (χ4n) is 1.84. The molecule has 0 aliphatic heterocycles. The first-order valence-corrected chi connectivity index (χ1v) is 10.0. The van der Waals surface area contributed by atoms with Crippen LogP contribution in [-0.2, 0) is 23.8 Å². The molecule has 0 fully saturated rings. The number of ether oxygens (including phenoxy) is 3. The van der Waals surface area contributed by atoms with E-state index in [4.69, 9.17) is 14.2 Å². The second-order valence-electron chi connectivity index (χ2n) is 6.52. The SMILES string of the molecule is C=C(C)C(=O)OCCNC(=O)NCCCOCCCNC(=O)NCCOC(=O)C(=C)C. The zero-order valence-corrected chi connectivity index (χ0v) is 18.3. The van der Waals surface area contributed by atoms with Gasteiger partial charge in [0.25, 0.3) is 0 Å². The van der Waals surface area contributed by atoms with Crippen molar-refractivity contribution in [2.24, 2.45) is 0 Å². The van der Waals surface area contributed by atoms with Crippen LogP contribution in [0, 0.1) is 0 Å². The Morgan fingerprint density at radius 2 is 0.968 bits per heavy atom. The zero-order valence-electron chi connectivity index (χ0n) is 18.3. The third kappa shape index (κ3) is 17.5. The van der Waals surface area contributed by atoms with E-state index >= 15 is 0 Å². The van der Waals surface area contributed by atoms with Crippen molar-refractivity contribution in [3.8, 4) is 0 Å². The van der Waals surface area contributed by atoms with Crippen molar-refractivity contribution < 1.29 is 33.4 Å². The maximum atomic E-state index is 11.5. The quantitative estimate of drug-likeness (QED) is 0.156. The Morgan fingerprint density at radius 1 is 0.613 bits per heavy atom. The van der Waals surface area contributed by atoms with Gasteiger partial charge in [0, 0.05) is 37.4 Å². The van der Waals surface area contributed by atoms with Crippen LogP contribution in [0.3, 0.4) is 0 Å². The molecule has 4 amide bonds. The van der Waals surface area contributed by atoms with Gasteiger partial charge in [-0.1, -0.05) is 13.2 Å². The molecule has 0 aromatic rings. The molecule has 0 saturated carbocycles. The highest BCUT2D eigenvalue weighted by atomic mass is 16.5. The maximum Gasteiger partial charge on any atom is 0.333 e. The van der Waals surface area contributed by atoms with E-state index in [1.807, 2.05) is 0 Å². The van der Waals surface area contributed by atoms with Crippen LogP contribution in [0.5, 0.6) is 0 Å². The normalized spacial score (nSPS) is 9.87. The molecule has 176 valence electrons. The molecule has 0 radical (unpaired) electrons. The topological polar surface area (TPSA) is 144 Å². The van der Waals surface area contributed by atoms with Gasteiger partial charge in [-0.15, -0.1) is 0 Å². The van der Waals surface area contributed by atoms with Crippen LogP contribution in [0.25, 0.3) is 0 Å². The van der Waals surface area contributed by atoms with Gasteiger partial charge < -0.3 is 35.5 Å². The van der Waals surface area contributed by atoms with Crippen molar-refractivity contribution in [2.75, 3.05) is 52.6 Å². The van der Waals surface area contributed by atoms with Gasteiger partial charge in [-0.05, 0) is 26.7 Å². The first-order chi connectivity index (χ1) is 14.7. The molecule has 0 aliphatic rings. The molecule has 11 nitrogen and oxygen atoms in total. The summed E-state index contributed by atoms with van der Waals surface area (Å²) >= 11 is 0. The largest absolute Gasteiger partial charge is 0.460 e. The molecule has 0 atom stereocenters. The van der Waals surface area contributed by atoms with Crippen molar-refractivity contribution in [3.05, 3.63) is 24.3 Å². The van der Waals surface area contributed by atoms with Gasteiger partial charge in [0.05, 0.1) is 13.1 Å². The van der Waals surface area contributed by atoms with Crippen molar-refractivity contribution in [2.45, 2.75) is 26.7 Å². The van der Waals surface area contributed by atoms with Gasteiger partial charge in [-0.2, -0.15) is 0 Å². The van der Waals surface area contributed by atoms with E-state index < -0.39 is 11.9 Å². The van der Waals surface area contributed by atoms with E-state index in [0.29, 0.717) is 50.3 Å². The number of rotatable bonds is 16. The Balaban J connectivity index is 3.42. The van der Waals surface area contributed by atoms with E-state index in [2.05, 4.69) is 34.4 Å². The number of nitrogens with one attached hydrogen (secondary N) is 4. The Bertz CT molecular complexity index is 571. The third-order valence-electron chi connectivity index (χ3n) is 3.44. The number of hydrogen-bond donors (Lipinski definition) is 4. The Morgan fingerprint density at radius 3 is 1.32 bits per heavy atom. The van der Waals surface area contributed by atoms with Gasteiger partial charge in [0.2, 0.25) is 0 Å². The minimum absolute atomic E-state index is 0.0801. The lowest BCUT2D eigenvalue weighted by atomic mass is 10.4. The van der Waals surface area contributed by atoms with Crippen LogP contribution in [0.2, 0.25) is 0 Å². The highest BCUT2D eigenvalue weighted by Gasteiger charge is 2.05. The summed E-state index contributed by atoms with van der Waals surface area (Å²) in [5, 5.41) is 10.4. The first-order valence-electron chi connectivity index (χ1n) is 10.0. The average Bonchev–Trinajstić information content (AvgIpc) is 2.72. The number of carbonyl (C=O) groups excluding carboxylic acids is 4. The molecule has 4 N–H and O–H groups in total. The fraction of sp³-hybridized carbons (Fsp3) is 0.600. The van der Waals surface area contributed by atoms with Gasteiger partial charge >= 0.3 is 24.0 Å². The summed E-state index contributed by atoms with van der Waals surface area (Å²) in [6.07, 6.45) is 1.27. The van der Waals surface area contributed by atoms with Gasteiger partial charge in [0.1, 0.15) is 13.2 Å². The van der Waals surface area contributed by atoms with Gasteiger partial charge in [-0.3, -0.25) is 0 Å². The molecule has 0 aliphatic carbocycles. The lowest BCUT2D eigenvalue weighted by molar-refractivity contribution is -0.139. The predicted octanol–water partition coefficient (Wildman–Crippen LogP) is 0.620. The standard InChI is InChI=1S/C20H34N4O7/c1-15(2)17(25)30-13-9-23-19(27)21-7-5-11-29-12-6-8-22-20(28)24-10-14-31-18(26)16(3)4/h1,3,5-14H2,2,4H3,(H2,21,23,27)(H2,22,24,28). The van der Waals surface area contributed by atoms with Crippen LogP contribution >= 0.6 is 0 Å². The molecule has 0 bridgehead atoms. The van der Waals surface area contributed by atoms with Crippen LogP contribution in [0.1, 0.15) is 26.7 Å². The molecule has 0 aromatic heterocycles. The van der Waals surface area contributed by atoms with E-state index in [1.165, 1.54) is 0 Å². The van der Waals surface area contributed by atoms with Gasteiger partial charge in [0.15, 0.2) is 0 Å². The maximum absolute atomic E-state index is 11.5. The molecule has 0 rings (SSSR count). The third-order valence-corrected chi connectivity index (χ3v) is 3.44. The van der Waals surface area contributed by atoms with E-state index in [0.717, 1.165) is 0 Å². The molecule has 31 heavy (non-hydrogen) atoms. The minimum atomic E-state index is -0.489. The smallest absolute Gasteiger partial charge is 0.333 e. The Kier molecular flexibility index (Phi) is 16.0. The monoisotopic (exact) mass is 442 g/mol. The average molecular weight is 443 g/mol. The number of esters is 2. The highest BCUT2D eigenvalue weighted by Crippen LogP contribution is 1.91. The summed E-state index contributed by atoms with van der Waals surface area (Å²) < 4.78 is 15.1. The summed E-state index contributed by atoms with van der Waals surface area (Å²) in [5.74, 6) is -0.978. The molecular weight excluding hydrogens is 408 g/mol. The summed E-state index contributed by atoms with van der Waals surface area (Å²) in [5.41, 5.74) is 0.615. The van der Waals surface area contributed by atoms with E-state index in [1.54, 1.807) is 13.8 Å². The van der Waals surface area contributed by atoms with E-state index in [-0.39, 0.29) is 38.4 Å². The van der Waals surface area contributed by atoms with Crippen molar-refractivity contribution in [1.82, 2.24) is 21.3 Å². The first kappa shape index (κ1) is 27.9. The highest BCUT2D eigenvalue weighted by molar-refractivity contribution is 5.87. The summed E-state index contributed by atoms with van der Waals surface area (Å²) in [7, 11) is 0. The van der Waals surface area contributed by atoms with Crippen molar-refractivity contribution >= 4 is 24.0 Å². The zero-order chi connectivity index (χ0) is 23.5. The molecule has 0 spiro atoms. The second-order valence-corrected chi connectivity index (χ2v) is 6.52. The van der Waals surface area contributed by atoms with Crippen LogP contribution in [-0.4, -0.2) is 76.6 Å². The number of amides is 4.